The molecule has 3 heterocycles. The molecule has 1 unspecified atom stereocenters. The highest BCUT2D eigenvalue weighted by Crippen LogP contribution is 2.24. The number of hydrogen-bond donors (Lipinski definition) is 2. The van der Waals surface area contributed by atoms with Gasteiger partial charge in [0.25, 0.3) is 0 Å². The summed E-state index contributed by atoms with van der Waals surface area (Å²) in [7, 11) is 1.83. The number of halogens is 1. The molecular formula is C19H30IN5S2. The van der Waals surface area contributed by atoms with E-state index in [0.717, 1.165) is 45.0 Å². The zero-order valence-corrected chi connectivity index (χ0v) is 20.1. The number of aliphatic imine (C=N–C) groups is 1. The largest absolute Gasteiger partial charge is 0.356 e. The lowest BCUT2D eigenvalue weighted by atomic mass is 10.1. The van der Waals surface area contributed by atoms with Gasteiger partial charge < -0.3 is 15.5 Å². The van der Waals surface area contributed by atoms with Crippen molar-refractivity contribution in [1.29, 1.82) is 0 Å². The van der Waals surface area contributed by atoms with Crippen molar-refractivity contribution in [2.24, 2.45) is 10.9 Å². The minimum Gasteiger partial charge on any atom is -0.356 e. The summed E-state index contributed by atoms with van der Waals surface area (Å²) in [5.41, 5.74) is 1.17. The SMILES string of the molecule is CN=C(NCCc1csc(N2CCCC2)n1)NCC(C)Cc1cccs1.I. The molecule has 2 aromatic rings. The third-order valence-electron chi connectivity index (χ3n) is 4.56. The van der Waals surface area contributed by atoms with E-state index in [4.69, 9.17) is 4.98 Å². The Hall–Kier alpha value is -0.870. The van der Waals surface area contributed by atoms with Gasteiger partial charge in [0.05, 0.1) is 5.69 Å². The smallest absolute Gasteiger partial charge is 0.190 e. The first-order valence-corrected chi connectivity index (χ1v) is 11.2. The van der Waals surface area contributed by atoms with Crippen molar-refractivity contribution >= 4 is 57.7 Å². The highest BCUT2D eigenvalue weighted by Gasteiger charge is 2.15. The number of hydrogen-bond acceptors (Lipinski definition) is 5. The molecule has 0 aromatic carbocycles. The fourth-order valence-corrected chi connectivity index (χ4v) is 4.89. The number of rotatable bonds is 8. The summed E-state index contributed by atoms with van der Waals surface area (Å²) in [4.78, 5) is 12.9. The van der Waals surface area contributed by atoms with E-state index >= 15 is 0 Å². The Morgan fingerprint density at radius 1 is 1.30 bits per heavy atom. The van der Waals surface area contributed by atoms with E-state index in [2.05, 4.69) is 50.3 Å². The van der Waals surface area contributed by atoms with Gasteiger partial charge in [-0.15, -0.1) is 46.7 Å². The van der Waals surface area contributed by atoms with Gasteiger partial charge in [-0.25, -0.2) is 4.98 Å². The van der Waals surface area contributed by atoms with Crippen LogP contribution in [0.2, 0.25) is 0 Å². The minimum atomic E-state index is 0. The summed E-state index contributed by atoms with van der Waals surface area (Å²) >= 11 is 3.60. The Morgan fingerprint density at radius 3 is 2.81 bits per heavy atom. The van der Waals surface area contributed by atoms with Crippen molar-refractivity contribution < 1.29 is 0 Å². The fraction of sp³-hybridized carbons (Fsp3) is 0.579. The molecule has 0 bridgehead atoms. The van der Waals surface area contributed by atoms with Gasteiger partial charge in [-0.2, -0.15) is 0 Å². The zero-order chi connectivity index (χ0) is 18.2. The van der Waals surface area contributed by atoms with E-state index in [9.17, 15) is 0 Å². The van der Waals surface area contributed by atoms with E-state index in [1.165, 1.54) is 28.5 Å². The van der Waals surface area contributed by atoms with Gasteiger partial charge in [-0.3, -0.25) is 4.99 Å². The Morgan fingerprint density at radius 2 is 2.11 bits per heavy atom. The number of anilines is 1. The molecule has 0 radical (unpaired) electrons. The Balaban J connectivity index is 0.00000261. The maximum absolute atomic E-state index is 4.78. The monoisotopic (exact) mass is 519 g/mol. The standard InChI is InChI=1S/C19H29N5S2.HI/c1-15(12-17-6-5-11-25-17)13-22-18(20-2)21-8-7-16-14-26-19(23-16)24-9-3-4-10-24;/h5-6,11,14-15H,3-4,7-10,12-13H2,1-2H3,(H2,20,21,22);1H. The van der Waals surface area contributed by atoms with Crippen LogP contribution >= 0.6 is 46.7 Å². The molecule has 1 atom stereocenters. The molecule has 0 amide bonds. The van der Waals surface area contributed by atoms with Gasteiger partial charge in [0.2, 0.25) is 0 Å². The van der Waals surface area contributed by atoms with Crippen molar-refractivity contribution in [3.63, 3.8) is 0 Å². The summed E-state index contributed by atoms with van der Waals surface area (Å²) in [5, 5.41) is 12.4. The molecule has 2 N–H and O–H groups in total. The lowest BCUT2D eigenvalue weighted by molar-refractivity contribution is 0.562. The van der Waals surface area contributed by atoms with Crippen molar-refractivity contribution in [2.45, 2.75) is 32.6 Å². The van der Waals surface area contributed by atoms with Gasteiger partial charge in [-0.05, 0) is 36.6 Å². The average molecular weight is 520 g/mol. The van der Waals surface area contributed by atoms with Crippen LogP contribution in [0.4, 0.5) is 5.13 Å². The van der Waals surface area contributed by atoms with E-state index in [-0.39, 0.29) is 24.0 Å². The molecule has 150 valence electrons. The molecule has 0 aliphatic carbocycles. The molecule has 1 fully saturated rings. The van der Waals surface area contributed by atoms with Gasteiger partial charge in [0, 0.05) is 49.9 Å². The van der Waals surface area contributed by atoms with Gasteiger partial charge in [0.15, 0.2) is 11.1 Å². The zero-order valence-electron chi connectivity index (χ0n) is 16.1. The molecule has 1 saturated heterocycles. The van der Waals surface area contributed by atoms with Crippen molar-refractivity contribution in [2.75, 3.05) is 38.1 Å². The molecule has 2 aromatic heterocycles. The number of thiophene rings is 1. The second-order valence-corrected chi connectivity index (χ2v) is 8.70. The summed E-state index contributed by atoms with van der Waals surface area (Å²) in [6, 6.07) is 4.33. The predicted octanol–water partition coefficient (Wildman–Crippen LogP) is 4.01. The molecule has 0 saturated carbocycles. The van der Waals surface area contributed by atoms with Gasteiger partial charge in [0.1, 0.15) is 0 Å². The normalized spacial score (nSPS) is 15.5. The van der Waals surface area contributed by atoms with E-state index < -0.39 is 0 Å². The van der Waals surface area contributed by atoms with Crippen LogP contribution < -0.4 is 15.5 Å². The van der Waals surface area contributed by atoms with Crippen molar-refractivity contribution in [3.05, 3.63) is 33.5 Å². The summed E-state index contributed by atoms with van der Waals surface area (Å²) < 4.78 is 0. The minimum absolute atomic E-state index is 0. The van der Waals surface area contributed by atoms with E-state index in [1.54, 1.807) is 11.3 Å². The first-order chi connectivity index (χ1) is 12.7. The van der Waals surface area contributed by atoms with Gasteiger partial charge in [-0.1, -0.05) is 13.0 Å². The van der Waals surface area contributed by atoms with Crippen LogP contribution in [0.3, 0.4) is 0 Å². The number of thiazole rings is 1. The van der Waals surface area contributed by atoms with Crippen molar-refractivity contribution in [3.8, 4) is 0 Å². The summed E-state index contributed by atoms with van der Waals surface area (Å²) in [6.07, 6.45) is 4.63. The Kier molecular flexibility index (Phi) is 9.84. The van der Waals surface area contributed by atoms with Crippen LogP contribution in [-0.4, -0.2) is 44.2 Å². The Bertz CT molecular complexity index is 680. The highest BCUT2D eigenvalue weighted by atomic mass is 127. The number of aromatic nitrogens is 1. The number of nitrogens with one attached hydrogen (secondary N) is 2. The van der Waals surface area contributed by atoms with Crippen LogP contribution in [-0.2, 0) is 12.8 Å². The van der Waals surface area contributed by atoms with Crippen LogP contribution in [0.15, 0.2) is 27.9 Å². The van der Waals surface area contributed by atoms with Crippen LogP contribution in [0.1, 0.15) is 30.3 Å². The van der Waals surface area contributed by atoms with E-state index in [1.807, 2.05) is 18.4 Å². The van der Waals surface area contributed by atoms with Crippen LogP contribution in [0.25, 0.3) is 0 Å². The third kappa shape index (κ3) is 7.23. The quantitative estimate of drug-likeness (QED) is 0.315. The lowest BCUT2D eigenvalue weighted by Crippen LogP contribution is -2.40. The molecule has 8 heteroatoms. The molecule has 1 aliphatic rings. The van der Waals surface area contributed by atoms with Crippen LogP contribution in [0, 0.1) is 5.92 Å². The number of guanidine groups is 1. The lowest BCUT2D eigenvalue weighted by Gasteiger charge is -2.15. The number of nitrogens with zero attached hydrogens (tertiary/aromatic N) is 3. The topological polar surface area (TPSA) is 52.6 Å². The second kappa shape index (κ2) is 11.9. The average Bonchev–Trinajstić information content (AvgIpc) is 3.39. The second-order valence-electron chi connectivity index (χ2n) is 6.83. The highest BCUT2D eigenvalue weighted by molar-refractivity contribution is 14.0. The Labute approximate surface area is 187 Å². The first kappa shape index (κ1) is 22.4. The first-order valence-electron chi connectivity index (χ1n) is 9.41. The maximum atomic E-state index is 4.78. The maximum Gasteiger partial charge on any atom is 0.190 e. The summed E-state index contributed by atoms with van der Waals surface area (Å²) in [5.74, 6) is 1.45. The molecule has 0 spiro atoms. The third-order valence-corrected chi connectivity index (χ3v) is 6.41. The van der Waals surface area contributed by atoms with E-state index in [0.29, 0.717) is 5.92 Å². The molecular weight excluding hydrogens is 489 g/mol. The molecule has 27 heavy (non-hydrogen) atoms. The summed E-state index contributed by atoms with van der Waals surface area (Å²) in [6.45, 7) is 6.36. The molecule has 1 aliphatic heterocycles. The molecule has 3 rings (SSSR count). The molecule has 5 nitrogen and oxygen atoms in total. The fourth-order valence-electron chi connectivity index (χ4n) is 3.11. The predicted molar refractivity (Wildman–Crippen MR) is 129 cm³/mol. The van der Waals surface area contributed by atoms with Crippen molar-refractivity contribution in [1.82, 2.24) is 15.6 Å². The van der Waals surface area contributed by atoms with Crippen LogP contribution in [0.5, 0.6) is 0 Å². The van der Waals surface area contributed by atoms with Gasteiger partial charge >= 0.3 is 0 Å².